The van der Waals surface area contributed by atoms with Crippen LogP contribution in [0, 0.1) is 20.8 Å². The predicted molar refractivity (Wildman–Crippen MR) is 100 cm³/mol. The molecule has 3 aromatic rings. The molecule has 3 rings (SSSR count). The lowest BCUT2D eigenvalue weighted by Gasteiger charge is -2.10. The molecular weight excluding hydrogens is 312 g/mol. The van der Waals surface area contributed by atoms with E-state index >= 15 is 0 Å². The molecule has 0 radical (unpaired) electrons. The van der Waals surface area contributed by atoms with Crippen LogP contribution in [0.2, 0.25) is 0 Å². The first-order valence-electron chi connectivity index (χ1n) is 8.08. The zero-order valence-corrected chi connectivity index (χ0v) is 14.5. The average Bonchev–Trinajstić information content (AvgIpc) is 2.60. The van der Waals surface area contributed by atoms with Crippen molar-refractivity contribution in [1.29, 1.82) is 0 Å². The molecule has 1 heterocycles. The van der Waals surface area contributed by atoms with Crippen molar-refractivity contribution >= 4 is 23.1 Å². The summed E-state index contributed by atoms with van der Waals surface area (Å²) in [4.78, 5) is 12.3. The van der Waals surface area contributed by atoms with Gasteiger partial charge >= 0.3 is 0 Å². The molecule has 5 nitrogen and oxygen atoms in total. The van der Waals surface area contributed by atoms with Crippen LogP contribution in [-0.2, 0) is 0 Å². The molecule has 0 spiro atoms. The molecule has 0 fully saturated rings. The van der Waals surface area contributed by atoms with Gasteiger partial charge in [-0.2, -0.15) is 0 Å². The molecule has 0 aliphatic heterocycles. The van der Waals surface area contributed by atoms with E-state index in [4.69, 9.17) is 0 Å². The van der Waals surface area contributed by atoms with Crippen LogP contribution in [0.15, 0.2) is 54.6 Å². The van der Waals surface area contributed by atoms with Crippen molar-refractivity contribution in [3.05, 3.63) is 77.0 Å². The molecular formula is C20H20N4O. The SMILES string of the molecule is Cc1ccc(Nc2ccc(C(=O)Nc3ccccc3C)nn2)c(C)c1. The van der Waals surface area contributed by atoms with Crippen LogP contribution >= 0.6 is 0 Å². The maximum Gasteiger partial charge on any atom is 0.276 e. The van der Waals surface area contributed by atoms with E-state index in [2.05, 4.69) is 33.8 Å². The molecule has 126 valence electrons. The number of hydrogen-bond donors (Lipinski definition) is 2. The molecule has 1 aromatic heterocycles. The molecule has 1 amide bonds. The van der Waals surface area contributed by atoms with Gasteiger partial charge in [-0.05, 0) is 56.2 Å². The second-order valence-corrected chi connectivity index (χ2v) is 6.02. The summed E-state index contributed by atoms with van der Waals surface area (Å²) in [6, 6.07) is 17.2. The van der Waals surface area contributed by atoms with Gasteiger partial charge in [0.1, 0.15) is 0 Å². The maximum absolute atomic E-state index is 12.3. The Balaban J connectivity index is 1.71. The summed E-state index contributed by atoms with van der Waals surface area (Å²) in [7, 11) is 0. The minimum Gasteiger partial charge on any atom is -0.339 e. The van der Waals surface area contributed by atoms with Gasteiger partial charge in [0.25, 0.3) is 5.91 Å². The molecule has 0 bridgehead atoms. The van der Waals surface area contributed by atoms with E-state index in [0.29, 0.717) is 5.82 Å². The standard InChI is InChI=1S/C20H20N4O/c1-13-8-9-17(15(3)12-13)21-19-11-10-18(23-24-19)20(25)22-16-7-5-4-6-14(16)2/h4-12H,1-3H3,(H,21,24)(H,22,25). The fourth-order valence-corrected chi connectivity index (χ4v) is 2.51. The van der Waals surface area contributed by atoms with Crippen molar-refractivity contribution in [2.24, 2.45) is 0 Å². The van der Waals surface area contributed by atoms with Crippen LogP contribution in [0.1, 0.15) is 27.2 Å². The van der Waals surface area contributed by atoms with Gasteiger partial charge < -0.3 is 10.6 Å². The number of rotatable bonds is 4. The highest BCUT2D eigenvalue weighted by atomic mass is 16.1. The van der Waals surface area contributed by atoms with Gasteiger partial charge in [0.15, 0.2) is 11.5 Å². The number of amides is 1. The van der Waals surface area contributed by atoms with Crippen LogP contribution in [-0.4, -0.2) is 16.1 Å². The third-order valence-corrected chi connectivity index (χ3v) is 3.94. The summed E-state index contributed by atoms with van der Waals surface area (Å²) < 4.78 is 0. The largest absolute Gasteiger partial charge is 0.339 e. The number of hydrogen-bond acceptors (Lipinski definition) is 4. The van der Waals surface area contributed by atoms with Crippen LogP contribution in [0.5, 0.6) is 0 Å². The Labute approximate surface area is 147 Å². The first-order chi connectivity index (χ1) is 12.0. The van der Waals surface area contributed by atoms with Gasteiger partial charge in [-0.25, -0.2) is 0 Å². The Morgan fingerprint density at radius 2 is 1.64 bits per heavy atom. The van der Waals surface area contributed by atoms with E-state index in [1.54, 1.807) is 12.1 Å². The van der Waals surface area contributed by atoms with E-state index in [1.165, 1.54) is 5.56 Å². The maximum atomic E-state index is 12.3. The topological polar surface area (TPSA) is 66.9 Å². The molecule has 0 saturated carbocycles. The number of nitrogens with zero attached hydrogens (tertiary/aromatic N) is 2. The highest BCUT2D eigenvalue weighted by Gasteiger charge is 2.10. The first kappa shape index (κ1) is 16.6. The molecule has 0 unspecified atom stereocenters. The third-order valence-electron chi connectivity index (χ3n) is 3.94. The Kier molecular flexibility index (Phi) is 4.75. The van der Waals surface area contributed by atoms with Crippen LogP contribution in [0.3, 0.4) is 0 Å². The molecule has 0 atom stereocenters. The lowest BCUT2D eigenvalue weighted by molar-refractivity contribution is 0.102. The highest BCUT2D eigenvalue weighted by Crippen LogP contribution is 2.20. The lowest BCUT2D eigenvalue weighted by Crippen LogP contribution is -2.15. The van der Waals surface area contributed by atoms with Gasteiger partial charge in [0.2, 0.25) is 0 Å². The molecule has 2 aromatic carbocycles. The van der Waals surface area contributed by atoms with E-state index in [-0.39, 0.29) is 11.6 Å². The average molecular weight is 332 g/mol. The second-order valence-electron chi connectivity index (χ2n) is 6.02. The summed E-state index contributed by atoms with van der Waals surface area (Å²) in [6.45, 7) is 6.03. The van der Waals surface area contributed by atoms with E-state index in [1.807, 2.05) is 50.2 Å². The van der Waals surface area contributed by atoms with E-state index in [0.717, 1.165) is 22.5 Å². The minimum atomic E-state index is -0.278. The molecule has 0 aliphatic carbocycles. The molecule has 5 heteroatoms. The predicted octanol–water partition coefficient (Wildman–Crippen LogP) is 4.40. The number of anilines is 3. The number of aryl methyl sites for hydroxylation is 3. The Morgan fingerprint density at radius 1 is 0.840 bits per heavy atom. The van der Waals surface area contributed by atoms with Gasteiger partial charge in [-0.3, -0.25) is 4.79 Å². The van der Waals surface area contributed by atoms with Crippen molar-refractivity contribution in [3.63, 3.8) is 0 Å². The number of benzene rings is 2. The quantitative estimate of drug-likeness (QED) is 0.743. The van der Waals surface area contributed by atoms with Gasteiger partial charge in [-0.1, -0.05) is 35.9 Å². The smallest absolute Gasteiger partial charge is 0.276 e. The fraction of sp³-hybridized carbons (Fsp3) is 0.150. The minimum absolute atomic E-state index is 0.273. The number of carbonyl (C=O) groups is 1. The number of aromatic nitrogens is 2. The fourth-order valence-electron chi connectivity index (χ4n) is 2.51. The molecule has 2 N–H and O–H groups in total. The Morgan fingerprint density at radius 3 is 2.32 bits per heavy atom. The summed E-state index contributed by atoms with van der Waals surface area (Å²) in [5.74, 6) is 0.319. The van der Waals surface area contributed by atoms with Gasteiger partial charge in [0.05, 0.1) is 0 Å². The highest BCUT2D eigenvalue weighted by molar-refractivity contribution is 6.03. The number of nitrogens with one attached hydrogen (secondary N) is 2. The van der Waals surface area contributed by atoms with Crippen molar-refractivity contribution in [3.8, 4) is 0 Å². The van der Waals surface area contributed by atoms with Crippen molar-refractivity contribution < 1.29 is 4.79 Å². The molecule has 0 aliphatic rings. The van der Waals surface area contributed by atoms with E-state index in [9.17, 15) is 4.79 Å². The Hall–Kier alpha value is -3.21. The molecule has 0 saturated heterocycles. The summed E-state index contributed by atoms with van der Waals surface area (Å²) >= 11 is 0. The second kappa shape index (κ2) is 7.13. The van der Waals surface area contributed by atoms with E-state index < -0.39 is 0 Å². The number of carbonyl (C=O) groups excluding carboxylic acids is 1. The van der Waals surface area contributed by atoms with Gasteiger partial charge in [-0.15, -0.1) is 10.2 Å². The molecule has 25 heavy (non-hydrogen) atoms. The summed E-state index contributed by atoms with van der Waals surface area (Å²) in [5, 5.41) is 14.2. The van der Waals surface area contributed by atoms with Gasteiger partial charge in [0, 0.05) is 11.4 Å². The number of para-hydroxylation sites is 1. The zero-order chi connectivity index (χ0) is 17.8. The summed E-state index contributed by atoms with van der Waals surface area (Å²) in [6.07, 6.45) is 0. The first-order valence-corrected chi connectivity index (χ1v) is 8.08. The van der Waals surface area contributed by atoms with Crippen molar-refractivity contribution in [1.82, 2.24) is 10.2 Å². The van der Waals surface area contributed by atoms with Crippen LogP contribution in [0.4, 0.5) is 17.2 Å². The van der Waals surface area contributed by atoms with Crippen molar-refractivity contribution in [2.75, 3.05) is 10.6 Å². The normalized spacial score (nSPS) is 10.4. The Bertz CT molecular complexity index is 904. The van der Waals surface area contributed by atoms with Crippen LogP contribution < -0.4 is 10.6 Å². The third kappa shape index (κ3) is 4.01. The monoisotopic (exact) mass is 332 g/mol. The summed E-state index contributed by atoms with van der Waals surface area (Å²) in [5.41, 5.74) is 5.34. The lowest BCUT2D eigenvalue weighted by atomic mass is 10.1. The zero-order valence-electron chi connectivity index (χ0n) is 14.5. The van der Waals surface area contributed by atoms with Crippen molar-refractivity contribution in [2.45, 2.75) is 20.8 Å². The van der Waals surface area contributed by atoms with Crippen LogP contribution in [0.25, 0.3) is 0 Å².